The van der Waals surface area contributed by atoms with Gasteiger partial charge in [0.15, 0.2) is 0 Å². The molecule has 2 N–H and O–H groups in total. The number of halogens is 2. The van der Waals surface area contributed by atoms with Crippen molar-refractivity contribution in [3.05, 3.63) is 80.6 Å². The summed E-state index contributed by atoms with van der Waals surface area (Å²) in [6.45, 7) is 4.37. The van der Waals surface area contributed by atoms with Gasteiger partial charge < -0.3 is 10.6 Å². The van der Waals surface area contributed by atoms with Gasteiger partial charge in [-0.05, 0) is 43.0 Å². The fourth-order valence-corrected chi connectivity index (χ4v) is 5.31. The minimum atomic E-state index is 0.0617. The average Bonchev–Trinajstić information content (AvgIpc) is 3.23. The second-order valence-electron chi connectivity index (χ2n) is 8.10. The van der Waals surface area contributed by atoms with Crippen LogP contribution in [0.2, 0.25) is 10.0 Å². The van der Waals surface area contributed by atoms with Gasteiger partial charge in [-0.25, -0.2) is 0 Å². The summed E-state index contributed by atoms with van der Waals surface area (Å²) in [5.41, 5.74) is 6.58. The van der Waals surface area contributed by atoms with E-state index < -0.39 is 0 Å². The molecule has 0 radical (unpaired) electrons. The number of rotatable bonds is 2. The summed E-state index contributed by atoms with van der Waals surface area (Å²) in [6, 6.07) is 14.3. The molecule has 0 aromatic heterocycles. The summed E-state index contributed by atoms with van der Waals surface area (Å²) in [6.07, 6.45) is 3.17. The molecule has 0 bridgehead atoms. The maximum absolute atomic E-state index is 6.46. The number of nitrogens with zero attached hydrogens (tertiary/aromatic N) is 1. The molecule has 2 atom stereocenters. The largest absolute Gasteiger partial charge is 0.363 e. The lowest BCUT2D eigenvalue weighted by molar-refractivity contribution is 0.117. The molecule has 2 aromatic carbocycles. The monoisotopic (exact) mass is 399 g/mol. The molecule has 0 fully saturated rings. The molecule has 2 heterocycles. The van der Waals surface area contributed by atoms with Gasteiger partial charge in [0.25, 0.3) is 0 Å². The fourth-order valence-electron chi connectivity index (χ4n) is 4.81. The normalized spacial score (nSPS) is 27.1. The lowest BCUT2D eigenvalue weighted by Crippen LogP contribution is -2.50. The van der Waals surface area contributed by atoms with E-state index in [9.17, 15) is 0 Å². The topological polar surface area (TPSA) is 27.3 Å². The van der Waals surface area contributed by atoms with Crippen LogP contribution in [-0.2, 0) is 12.8 Å². The predicted octanol–water partition coefficient (Wildman–Crippen LogP) is 4.66. The Kier molecular flexibility index (Phi) is 4.15. The number of hydrogen-bond acceptors (Lipinski definition) is 3. The Morgan fingerprint density at radius 2 is 1.74 bits per heavy atom. The van der Waals surface area contributed by atoms with Crippen LogP contribution < -0.4 is 10.6 Å². The molecule has 2 aromatic rings. The van der Waals surface area contributed by atoms with Crippen molar-refractivity contribution in [3.63, 3.8) is 0 Å². The Morgan fingerprint density at radius 1 is 0.963 bits per heavy atom. The quantitative estimate of drug-likeness (QED) is 0.768. The third kappa shape index (κ3) is 2.93. The molecule has 5 rings (SSSR count). The highest BCUT2D eigenvalue weighted by molar-refractivity contribution is 6.31. The van der Waals surface area contributed by atoms with E-state index in [4.69, 9.17) is 23.2 Å². The summed E-state index contributed by atoms with van der Waals surface area (Å²) in [7, 11) is 0. The van der Waals surface area contributed by atoms with Crippen molar-refractivity contribution in [2.75, 3.05) is 13.1 Å². The Labute approximate surface area is 170 Å². The van der Waals surface area contributed by atoms with E-state index in [1.54, 1.807) is 0 Å². The van der Waals surface area contributed by atoms with E-state index >= 15 is 0 Å². The number of fused-ring (bicyclic) bond motifs is 1. The van der Waals surface area contributed by atoms with Crippen LogP contribution in [-0.4, -0.2) is 23.5 Å². The third-order valence-electron chi connectivity index (χ3n) is 6.31. The second-order valence-corrected chi connectivity index (χ2v) is 8.91. The van der Waals surface area contributed by atoms with Gasteiger partial charge in [-0.3, -0.25) is 4.90 Å². The standard InChI is InChI=1S/C22H23Cl2N3/c1-22(11-14-5-4-8-18(24)16(14)12-22)27-10-9-19-20(13-27)26-21(25-19)15-6-2-3-7-17(15)23/h2-8,21,25-26H,9-13H2,1H3. The van der Waals surface area contributed by atoms with Crippen molar-refractivity contribution < 1.29 is 0 Å². The first-order valence-electron chi connectivity index (χ1n) is 9.54. The number of benzene rings is 2. The zero-order valence-electron chi connectivity index (χ0n) is 15.4. The molecule has 0 saturated carbocycles. The van der Waals surface area contributed by atoms with Crippen molar-refractivity contribution >= 4 is 23.2 Å². The molecule has 0 saturated heterocycles. The second kappa shape index (κ2) is 6.44. The first kappa shape index (κ1) is 17.4. The molecule has 5 heteroatoms. The third-order valence-corrected chi connectivity index (χ3v) is 7.00. The summed E-state index contributed by atoms with van der Waals surface area (Å²) in [5, 5.41) is 9.01. The van der Waals surface area contributed by atoms with Crippen molar-refractivity contribution in [1.29, 1.82) is 0 Å². The van der Waals surface area contributed by atoms with Crippen molar-refractivity contribution in [2.24, 2.45) is 0 Å². The molecular weight excluding hydrogens is 377 g/mol. The average molecular weight is 400 g/mol. The van der Waals surface area contributed by atoms with Crippen molar-refractivity contribution in [1.82, 2.24) is 15.5 Å². The Bertz CT molecular complexity index is 939. The molecule has 0 spiro atoms. The van der Waals surface area contributed by atoms with Gasteiger partial charge in [0, 0.05) is 52.1 Å². The van der Waals surface area contributed by atoms with Crippen molar-refractivity contribution in [2.45, 2.75) is 37.9 Å². The Balaban J connectivity index is 1.34. The van der Waals surface area contributed by atoms with Gasteiger partial charge in [0.05, 0.1) is 0 Å². The van der Waals surface area contributed by atoms with Gasteiger partial charge >= 0.3 is 0 Å². The van der Waals surface area contributed by atoms with Crippen LogP contribution in [0.5, 0.6) is 0 Å². The van der Waals surface area contributed by atoms with Crippen LogP contribution in [0.15, 0.2) is 53.9 Å². The molecule has 1 aliphatic carbocycles. The van der Waals surface area contributed by atoms with E-state index in [1.807, 2.05) is 24.3 Å². The van der Waals surface area contributed by atoms with Crippen LogP contribution in [0.4, 0.5) is 0 Å². The lowest BCUT2D eigenvalue weighted by Gasteiger charge is -2.41. The molecule has 140 valence electrons. The Hall–Kier alpha value is -1.68. The molecular formula is C22H23Cl2N3. The van der Waals surface area contributed by atoms with Gasteiger partial charge in [0.1, 0.15) is 6.17 Å². The lowest BCUT2D eigenvalue weighted by atomic mass is 9.93. The van der Waals surface area contributed by atoms with Crippen LogP contribution in [0.25, 0.3) is 0 Å². The van der Waals surface area contributed by atoms with Crippen LogP contribution in [0.3, 0.4) is 0 Å². The van der Waals surface area contributed by atoms with E-state index in [-0.39, 0.29) is 11.7 Å². The molecule has 0 amide bonds. The first-order valence-corrected chi connectivity index (χ1v) is 10.3. The van der Waals surface area contributed by atoms with E-state index in [0.29, 0.717) is 0 Å². The van der Waals surface area contributed by atoms with Crippen LogP contribution in [0, 0.1) is 0 Å². The maximum Gasteiger partial charge on any atom is 0.124 e. The fraction of sp³-hybridized carbons (Fsp3) is 0.364. The molecule has 27 heavy (non-hydrogen) atoms. The summed E-state index contributed by atoms with van der Waals surface area (Å²) in [5.74, 6) is 0. The van der Waals surface area contributed by atoms with E-state index in [0.717, 1.165) is 48.0 Å². The highest BCUT2D eigenvalue weighted by Gasteiger charge is 2.42. The van der Waals surface area contributed by atoms with E-state index in [2.05, 4.69) is 40.7 Å². The van der Waals surface area contributed by atoms with Crippen LogP contribution in [0.1, 0.15) is 36.2 Å². The molecule has 2 aliphatic heterocycles. The first-order chi connectivity index (χ1) is 13.0. The van der Waals surface area contributed by atoms with Gasteiger partial charge in [0.2, 0.25) is 0 Å². The SMILES string of the molecule is CC1(N2CCC3=C(C2)NC(c2ccccc2Cl)N3)Cc2cccc(Cl)c2C1. The summed E-state index contributed by atoms with van der Waals surface area (Å²) < 4.78 is 0. The zero-order chi connectivity index (χ0) is 18.6. The van der Waals surface area contributed by atoms with Gasteiger partial charge in [-0.1, -0.05) is 53.5 Å². The van der Waals surface area contributed by atoms with Gasteiger partial charge in [-0.2, -0.15) is 0 Å². The maximum atomic E-state index is 6.46. The predicted molar refractivity (Wildman–Crippen MR) is 111 cm³/mol. The number of hydrogen-bond donors (Lipinski definition) is 2. The summed E-state index contributed by atoms with van der Waals surface area (Å²) in [4.78, 5) is 2.62. The minimum absolute atomic E-state index is 0.0617. The van der Waals surface area contributed by atoms with E-state index in [1.165, 1.54) is 22.5 Å². The molecule has 2 unspecified atom stereocenters. The van der Waals surface area contributed by atoms with Gasteiger partial charge in [-0.15, -0.1) is 0 Å². The van der Waals surface area contributed by atoms with Crippen LogP contribution >= 0.6 is 23.2 Å². The summed E-state index contributed by atoms with van der Waals surface area (Å²) >= 11 is 12.9. The smallest absolute Gasteiger partial charge is 0.124 e. The highest BCUT2D eigenvalue weighted by atomic mass is 35.5. The molecule has 3 nitrogen and oxygen atoms in total. The zero-order valence-corrected chi connectivity index (χ0v) is 16.9. The minimum Gasteiger partial charge on any atom is -0.363 e. The van der Waals surface area contributed by atoms with Crippen molar-refractivity contribution in [3.8, 4) is 0 Å². The molecule has 3 aliphatic rings. The Morgan fingerprint density at radius 3 is 2.56 bits per heavy atom. The number of nitrogens with one attached hydrogen (secondary N) is 2. The highest BCUT2D eigenvalue weighted by Crippen LogP contribution is 2.40.